The molecule has 0 unspecified atom stereocenters. The second kappa shape index (κ2) is 28.2. The van der Waals surface area contributed by atoms with Crippen molar-refractivity contribution >= 4 is 28.8 Å². The highest BCUT2D eigenvalue weighted by Gasteiger charge is 2.39. The van der Waals surface area contributed by atoms with Crippen molar-refractivity contribution in [1.29, 1.82) is 0 Å². The van der Waals surface area contributed by atoms with Crippen molar-refractivity contribution in [3.63, 3.8) is 0 Å². The second-order valence-electron chi connectivity index (χ2n) is 17.3. The SMILES string of the molecule is C=C[C@H]1[C@H](CCCCCCC[C@H](C)/C=C/c2ccc3cc(OC)ccc3c2)CN(C)CCCCCCCCCC[C@H]2C[C@@H]1CN(C)C2.O=C(O)C(F)(F)F.O=C(O)C(F)(F)F. The van der Waals surface area contributed by atoms with E-state index in [1.54, 1.807) is 7.11 Å². The molecule has 0 saturated carbocycles. The van der Waals surface area contributed by atoms with Crippen molar-refractivity contribution in [3.8, 4) is 5.75 Å². The highest BCUT2D eigenvalue weighted by molar-refractivity contribution is 5.86. The van der Waals surface area contributed by atoms with Crippen LogP contribution < -0.4 is 4.74 Å². The van der Waals surface area contributed by atoms with E-state index in [9.17, 15) is 26.3 Å². The van der Waals surface area contributed by atoms with Crippen molar-refractivity contribution in [1.82, 2.24) is 9.80 Å². The van der Waals surface area contributed by atoms with Crippen molar-refractivity contribution < 1.29 is 50.9 Å². The van der Waals surface area contributed by atoms with E-state index in [-0.39, 0.29) is 0 Å². The lowest BCUT2D eigenvalue weighted by molar-refractivity contribution is -0.193. The number of ether oxygens (including phenoxy) is 1. The summed E-state index contributed by atoms with van der Waals surface area (Å²) in [5.74, 6) is -0.932. The van der Waals surface area contributed by atoms with Crippen LogP contribution in [-0.4, -0.2) is 91.7 Å². The van der Waals surface area contributed by atoms with Crippen LogP contribution in [0.25, 0.3) is 16.8 Å². The van der Waals surface area contributed by atoms with Gasteiger partial charge < -0.3 is 24.7 Å². The van der Waals surface area contributed by atoms with Crippen LogP contribution >= 0.6 is 0 Å². The molecule has 2 aliphatic rings. The molecule has 13 heteroatoms. The summed E-state index contributed by atoms with van der Waals surface area (Å²) in [6.07, 6.45) is 20.7. The maximum atomic E-state index is 10.6. The average Bonchev–Trinajstić information content (AvgIpc) is 3.19. The van der Waals surface area contributed by atoms with E-state index in [0.29, 0.717) is 11.8 Å². The van der Waals surface area contributed by atoms with E-state index in [1.165, 1.54) is 152 Å². The molecule has 7 nitrogen and oxygen atoms in total. The van der Waals surface area contributed by atoms with Gasteiger partial charge in [0.1, 0.15) is 5.75 Å². The summed E-state index contributed by atoms with van der Waals surface area (Å²) in [6.45, 7) is 11.9. The Balaban J connectivity index is 0.000000784. The van der Waals surface area contributed by atoms with Gasteiger partial charge in [-0.2, -0.15) is 26.3 Å². The van der Waals surface area contributed by atoms with Crippen molar-refractivity contribution in [2.75, 3.05) is 47.4 Å². The van der Waals surface area contributed by atoms with Gasteiger partial charge in [0.25, 0.3) is 0 Å². The van der Waals surface area contributed by atoms with Gasteiger partial charge in [-0.1, -0.05) is 120 Å². The zero-order chi connectivity index (χ0) is 45.4. The molecule has 2 heterocycles. The van der Waals surface area contributed by atoms with E-state index in [1.807, 2.05) is 6.07 Å². The standard InChI is InChI=1S/C44H70N2O.2C2HF3O2/c1-6-44-41(34-45(3)29-19-15-10-8-7-9-13-17-21-38-31-42(44)35-46(4)33-38)22-18-14-11-12-16-20-36(2)23-24-37-25-26-40-32-43(47-5)28-27-39(40)30-37;2*3-2(4,5)1(6)7/h6,23-28,30,32,36,38,41-42,44H,1,7-22,29,31,33-35H2,2-5H3;2*(H,6,7)/b24-23+;;/t36-,38-,41+,42+,44-;;/m0../s1. The summed E-state index contributed by atoms with van der Waals surface area (Å²) in [6, 6.07) is 13.0. The fourth-order valence-electron chi connectivity index (χ4n) is 8.77. The van der Waals surface area contributed by atoms with Gasteiger partial charge in [-0.25, -0.2) is 9.59 Å². The fraction of sp³-hybridized carbons (Fsp3) is 0.667. The minimum atomic E-state index is -5.08. The predicted octanol–water partition coefficient (Wildman–Crippen LogP) is 12.9. The molecule has 2 saturated heterocycles. The lowest BCUT2D eigenvalue weighted by Crippen LogP contribution is -2.43. The largest absolute Gasteiger partial charge is 0.497 e. The first-order valence-electron chi connectivity index (χ1n) is 22.2. The number of likely N-dealkylation sites (tertiary alicyclic amines) is 1. The number of halogens is 6. The van der Waals surface area contributed by atoms with Gasteiger partial charge in [0.2, 0.25) is 0 Å². The maximum Gasteiger partial charge on any atom is 0.490 e. The minimum Gasteiger partial charge on any atom is -0.497 e. The predicted molar refractivity (Wildman–Crippen MR) is 234 cm³/mol. The molecule has 346 valence electrons. The molecule has 0 aromatic heterocycles. The van der Waals surface area contributed by atoms with Crippen molar-refractivity contribution in [2.45, 2.75) is 128 Å². The summed E-state index contributed by atoms with van der Waals surface area (Å²) in [4.78, 5) is 23.1. The Hall–Kier alpha value is -3.58. The van der Waals surface area contributed by atoms with Gasteiger partial charge in [-0.05, 0) is 117 Å². The Bertz CT molecular complexity index is 1570. The third-order valence-corrected chi connectivity index (χ3v) is 12.0. The molecule has 2 aliphatic heterocycles. The van der Waals surface area contributed by atoms with E-state index >= 15 is 0 Å². The Morgan fingerprint density at radius 1 is 0.787 bits per heavy atom. The number of carbonyl (C=O) groups is 2. The first-order valence-corrected chi connectivity index (χ1v) is 22.2. The van der Waals surface area contributed by atoms with E-state index < -0.39 is 24.3 Å². The highest BCUT2D eigenvalue weighted by Crippen LogP contribution is 2.37. The maximum absolute atomic E-state index is 10.6. The topological polar surface area (TPSA) is 90.3 Å². The summed E-state index contributed by atoms with van der Waals surface area (Å²) in [5, 5.41) is 16.8. The molecule has 2 N–H and O–H groups in total. The summed E-state index contributed by atoms with van der Waals surface area (Å²) in [5.41, 5.74) is 1.28. The first kappa shape index (κ1) is 53.6. The molecule has 0 radical (unpaired) electrons. The van der Waals surface area contributed by atoms with Crippen molar-refractivity contribution in [2.24, 2.45) is 29.6 Å². The van der Waals surface area contributed by atoms with Gasteiger partial charge in [-0.15, -0.1) is 6.58 Å². The van der Waals surface area contributed by atoms with E-state index in [4.69, 9.17) is 24.5 Å². The highest BCUT2D eigenvalue weighted by atomic mass is 19.4. The monoisotopic (exact) mass is 871 g/mol. The third-order valence-electron chi connectivity index (χ3n) is 12.0. The molecule has 2 bridgehead atoms. The van der Waals surface area contributed by atoms with Crippen LogP contribution in [0.1, 0.15) is 122 Å². The van der Waals surface area contributed by atoms with Crippen LogP contribution in [0.3, 0.4) is 0 Å². The number of hydrogen-bond acceptors (Lipinski definition) is 5. The Morgan fingerprint density at radius 3 is 1.95 bits per heavy atom. The lowest BCUT2D eigenvalue weighted by atomic mass is 9.72. The van der Waals surface area contributed by atoms with Gasteiger partial charge in [0, 0.05) is 19.6 Å². The summed E-state index contributed by atoms with van der Waals surface area (Å²) >= 11 is 0. The second-order valence-corrected chi connectivity index (χ2v) is 17.3. The molecule has 2 aromatic rings. The number of aliphatic carboxylic acids is 2. The van der Waals surface area contributed by atoms with Crippen LogP contribution in [0.15, 0.2) is 55.1 Å². The molecule has 4 rings (SSSR count). The normalized spacial score (nSPS) is 22.2. The molecule has 0 amide bonds. The number of carboxylic acids is 2. The van der Waals surface area contributed by atoms with E-state index in [0.717, 1.165) is 23.5 Å². The molecule has 2 aromatic carbocycles. The molecule has 5 atom stereocenters. The number of hydrogen-bond donors (Lipinski definition) is 2. The number of unbranched alkanes of at least 4 members (excludes halogenated alkanes) is 4. The molecule has 0 spiro atoms. The van der Waals surface area contributed by atoms with Gasteiger partial charge in [0.15, 0.2) is 0 Å². The number of methoxy groups -OCH3 is 1. The quantitative estimate of drug-likeness (QED) is 0.125. The average molecular weight is 871 g/mol. The number of benzene rings is 2. The summed E-state index contributed by atoms with van der Waals surface area (Å²) < 4.78 is 68.8. The third kappa shape index (κ3) is 22.4. The molecular formula is C48H72F6N2O5. The zero-order valence-electron chi connectivity index (χ0n) is 36.9. The summed E-state index contributed by atoms with van der Waals surface area (Å²) in [7, 11) is 6.50. The number of alkyl halides is 6. The number of carboxylic acid groups (broad SMARTS) is 2. The van der Waals surface area contributed by atoms with E-state index in [2.05, 4.69) is 86.0 Å². The van der Waals surface area contributed by atoms with Crippen LogP contribution in [0.4, 0.5) is 26.3 Å². The number of rotatable bonds is 12. The van der Waals surface area contributed by atoms with Crippen LogP contribution in [0, 0.1) is 29.6 Å². The van der Waals surface area contributed by atoms with Crippen LogP contribution in [0.5, 0.6) is 5.75 Å². The van der Waals surface area contributed by atoms with Crippen LogP contribution in [-0.2, 0) is 9.59 Å². The Morgan fingerprint density at radius 2 is 1.34 bits per heavy atom. The number of allylic oxidation sites excluding steroid dienone is 2. The Labute approximate surface area is 360 Å². The number of nitrogens with zero attached hydrogens (tertiary/aromatic N) is 2. The van der Waals surface area contributed by atoms with Gasteiger partial charge in [0.05, 0.1) is 7.11 Å². The minimum absolute atomic E-state index is 0.616. The molecular weight excluding hydrogens is 799 g/mol. The lowest BCUT2D eigenvalue weighted by Gasteiger charge is -2.42. The van der Waals surface area contributed by atoms with Crippen LogP contribution in [0.2, 0.25) is 0 Å². The zero-order valence-corrected chi connectivity index (χ0v) is 36.9. The van der Waals surface area contributed by atoms with Crippen molar-refractivity contribution in [3.05, 3.63) is 60.7 Å². The number of fused-ring (bicyclic) bond motifs is 3. The number of piperidine rings is 1. The smallest absolute Gasteiger partial charge is 0.490 e. The Kier molecular flexibility index (Phi) is 24.7. The van der Waals surface area contributed by atoms with Gasteiger partial charge in [-0.3, -0.25) is 0 Å². The van der Waals surface area contributed by atoms with Gasteiger partial charge >= 0.3 is 24.3 Å². The molecule has 61 heavy (non-hydrogen) atoms. The molecule has 2 fully saturated rings. The molecule has 0 aliphatic carbocycles. The fourth-order valence-corrected chi connectivity index (χ4v) is 8.77. The first-order chi connectivity index (χ1) is 28.8.